The molecule has 0 aromatic heterocycles. The van der Waals surface area contributed by atoms with Crippen molar-refractivity contribution >= 4 is 23.3 Å². The van der Waals surface area contributed by atoms with Crippen molar-refractivity contribution in [2.45, 2.75) is 44.9 Å². The van der Waals surface area contributed by atoms with Crippen LogP contribution in [0.4, 0.5) is 5.69 Å². The van der Waals surface area contributed by atoms with Crippen LogP contribution in [-0.4, -0.2) is 32.8 Å². The van der Waals surface area contributed by atoms with Gasteiger partial charge in [-0.2, -0.15) is 0 Å². The second kappa shape index (κ2) is 11.2. The molecule has 1 aliphatic rings. The number of nitrogens with zero attached hydrogens (tertiary/aromatic N) is 1. The molecule has 0 saturated heterocycles. The topological polar surface area (TPSA) is 38.8 Å². The van der Waals surface area contributed by atoms with Crippen molar-refractivity contribution in [3.8, 4) is 5.75 Å². The summed E-state index contributed by atoms with van der Waals surface area (Å²) >= 11 is 6.29. The highest BCUT2D eigenvalue weighted by Gasteiger charge is 2.26. The van der Waals surface area contributed by atoms with E-state index in [0.29, 0.717) is 12.2 Å². The number of hydrogen-bond donors (Lipinski definition) is 0. The van der Waals surface area contributed by atoms with Crippen LogP contribution < -0.4 is 9.64 Å². The summed E-state index contributed by atoms with van der Waals surface area (Å²) in [6.07, 6.45) is 7.14. The van der Waals surface area contributed by atoms with Crippen LogP contribution in [0, 0.1) is 0 Å². The molecule has 166 valence electrons. The molecule has 0 amide bonds. The second-order valence-electron chi connectivity index (χ2n) is 8.01. The number of unbranched alkanes of at least 4 members (excludes halogenated alkanes) is 2. The normalized spacial score (nSPS) is 15.6. The number of hydrogen-bond acceptors (Lipinski definition) is 4. The first-order chi connectivity index (χ1) is 15.1. The summed E-state index contributed by atoms with van der Waals surface area (Å²) in [5, 5.41) is 0.772. The number of aryl methyl sites for hydroxylation is 1. The molecule has 2 aromatic carbocycles. The molecule has 0 N–H and O–H groups in total. The maximum absolute atomic E-state index is 12.1. The fraction of sp³-hybridized carbons (Fsp3) is 0.423. The molecule has 0 saturated carbocycles. The molecule has 1 unspecified atom stereocenters. The third kappa shape index (κ3) is 5.82. The number of anilines is 1. The smallest absolute Gasteiger partial charge is 0.337 e. The van der Waals surface area contributed by atoms with Crippen LogP contribution in [0.1, 0.15) is 60.0 Å². The van der Waals surface area contributed by atoms with Crippen LogP contribution >= 0.6 is 11.6 Å². The quantitative estimate of drug-likeness (QED) is 0.256. The summed E-state index contributed by atoms with van der Waals surface area (Å²) in [5.74, 6) is 0.690. The molecule has 0 aliphatic carbocycles. The van der Waals surface area contributed by atoms with Crippen LogP contribution in [0.3, 0.4) is 0 Å². The van der Waals surface area contributed by atoms with Gasteiger partial charge < -0.3 is 14.4 Å². The van der Waals surface area contributed by atoms with Gasteiger partial charge in [0, 0.05) is 24.0 Å². The number of carbonyl (C=O) groups is 1. The molecule has 31 heavy (non-hydrogen) atoms. The SMILES string of the molecule is C=CCCCCN1CC(c2ccc(Cl)cc2CCC)COc2ccc(C(=O)OC)cc21. The first-order valence-corrected chi connectivity index (χ1v) is 11.4. The van der Waals surface area contributed by atoms with Crippen LogP contribution in [0.15, 0.2) is 49.1 Å². The lowest BCUT2D eigenvalue weighted by atomic mass is 9.92. The Labute approximate surface area is 190 Å². The molecule has 0 bridgehead atoms. The monoisotopic (exact) mass is 441 g/mol. The van der Waals surface area contributed by atoms with Crippen LogP contribution in [-0.2, 0) is 11.2 Å². The van der Waals surface area contributed by atoms with Gasteiger partial charge in [-0.25, -0.2) is 4.79 Å². The van der Waals surface area contributed by atoms with Gasteiger partial charge in [0.2, 0.25) is 0 Å². The predicted molar refractivity (Wildman–Crippen MR) is 128 cm³/mol. The lowest BCUT2D eigenvalue weighted by Crippen LogP contribution is -2.30. The van der Waals surface area contributed by atoms with E-state index in [9.17, 15) is 4.79 Å². The Bertz CT molecular complexity index is 912. The molecule has 4 nitrogen and oxygen atoms in total. The average molecular weight is 442 g/mol. The summed E-state index contributed by atoms with van der Waals surface area (Å²) in [7, 11) is 1.41. The number of carbonyl (C=O) groups excluding carboxylic acids is 1. The highest BCUT2D eigenvalue weighted by Crippen LogP contribution is 2.37. The lowest BCUT2D eigenvalue weighted by molar-refractivity contribution is 0.0600. The van der Waals surface area contributed by atoms with Crippen LogP contribution in [0.25, 0.3) is 0 Å². The van der Waals surface area contributed by atoms with E-state index in [1.54, 1.807) is 6.07 Å². The maximum atomic E-state index is 12.1. The van der Waals surface area contributed by atoms with E-state index < -0.39 is 0 Å². The van der Waals surface area contributed by atoms with Crippen molar-refractivity contribution in [2.75, 3.05) is 31.7 Å². The fourth-order valence-electron chi connectivity index (χ4n) is 4.19. The van der Waals surface area contributed by atoms with Crippen LogP contribution in [0.5, 0.6) is 5.75 Å². The summed E-state index contributed by atoms with van der Waals surface area (Å²) in [5.41, 5.74) is 4.08. The molecule has 5 heteroatoms. The van der Waals surface area contributed by atoms with Crippen LogP contribution in [0.2, 0.25) is 5.02 Å². The van der Waals surface area contributed by atoms with E-state index in [0.717, 1.165) is 61.7 Å². The van der Waals surface area contributed by atoms with Crippen molar-refractivity contribution in [1.29, 1.82) is 0 Å². The molecule has 0 spiro atoms. The Morgan fingerprint density at radius 2 is 2.13 bits per heavy atom. The Hall–Kier alpha value is -2.46. The molecule has 2 aromatic rings. The number of fused-ring (bicyclic) bond motifs is 1. The zero-order valence-electron chi connectivity index (χ0n) is 18.5. The third-order valence-electron chi connectivity index (χ3n) is 5.75. The molecule has 1 aliphatic heterocycles. The van der Waals surface area contributed by atoms with E-state index in [1.807, 2.05) is 24.3 Å². The van der Waals surface area contributed by atoms with Crippen molar-refractivity contribution < 1.29 is 14.3 Å². The minimum atomic E-state index is -0.335. The molecule has 3 rings (SSSR count). The lowest BCUT2D eigenvalue weighted by Gasteiger charge is -2.28. The van der Waals surface area contributed by atoms with E-state index in [4.69, 9.17) is 21.1 Å². The van der Waals surface area contributed by atoms with E-state index in [2.05, 4.69) is 30.5 Å². The van der Waals surface area contributed by atoms with E-state index in [1.165, 1.54) is 18.2 Å². The number of ether oxygens (including phenoxy) is 2. The summed E-state index contributed by atoms with van der Waals surface area (Å²) in [6.45, 7) is 8.32. The zero-order valence-corrected chi connectivity index (χ0v) is 19.3. The van der Waals surface area contributed by atoms with Crippen molar-refractivity contribution in [3.63, 3.8) is 0 Å². The summed E-state index contributed by atoms with van der Waals surface area (Å²) in [4.78, 5) is 14.5. The number of esters is 1. The average Bonchev–Trinajstić information content (AvgIpc) is 2.96. The minimum Gasteiger partial charge on any atom is -0.491 e. The number of halogens is 1. The van der Waals surface area contributed by atoms with Gasteiger partial charge in [-0.1, -0.05) is 37.1 Å². The van der Waals surface area contributed by atoms with Gasteiger partial charge in [-0.15, -0.1) is 6.58 Å². The summed E-state index contributed by atoms with van der Waals surface area (Å²) < 4.78 is 11.2. The Balaban J connectivity index is 1.93. The van der Waals surface area contributed by atoms with E-state index >= 15 is 0 Å². The molecule has 1 atom stereocenters. The second-order valence-corrected chi connectivity index (χ2v) is 8.44. The van der Waals surface area contributed by atoms with Gasteiger partial charge in [-0.3, -0.25) is 0 Å². The molecular formula is C26H32ClNO3. The van der Waals surface area contributed by atoms with Crippen molar-refractivity contribution in [2.24, 2.45) is 0 Å². The predicted octanol–water partition coefficient (Wildman–Crippen LogP) is 6.42. The standard InChI is InChI=1S/C26H32ClNO3/c1-4-6-7-8-14-28-17-21(23-12-11-22(27)15-19(23)9-5-2)18-31-25-13-10-20(16-24(25)28)26(29)30-3/h4,10-13,15-16,21H,1,5-9,14,17-18H2,2-3H3. The van der Waals surface area contributed by atoms with Gasteiger partial charge in [0.05, 0.1) is 25.0 Å². The Morgan fingerprint density at radius 3 is 2.87 bits per heavy atom. The number of allylic oxidation sites excluding steroid dienone is 1. The van der Waals surface area contributed by atoms with Crippen molar-refractivity contribution in [1.82, 2.24) is 0 Å². The van der Waals surface area contributed by atoms with Gasteiger partial charge in [-0.05, 0) is 67.1 Å². The first kappa shape index (κ1) is 23.2. The van der Waals surface area contributed by atoms with Gasteiger partial charge in [0.25, 0.3) is 0 Å². The third-order valence-corrected chi connectivity index (χ3v) is 5.99. The largest absolute Gasteiger partial charge is 0.491 e. The van der Waals surface area contributed by atoms with E-state index in [-0.39, 0.29) is 11.9 Å². The highest BCUT2D eigenvalue weighted by molar-refractivity contribution is 6.30. The summed E-state index contributed by atoms with van der Waals surface area (Å²) in [6, 6.07) is 11.8. The van der Waals surface area contributed by atoms with Gasteiger partial charge in [0.15, 0.2) is 0 Å². The maximum Gasteiger partial charge on any atom is 0.337 e. The molecule has 0 fully saturated rings. The number of benzene rings is 2. The minimum absolute atomic E-state index is 0.215. The molecule has 0 radical (unpaired) electrons. The Morgan fingerprint density at radius 1 is 1.29 bits per heavy atom. The fourth-order valence-corrected chi connectivity index (χ4v) is 4.38. The van der Waals surface area contributed by atoms with Crippen molar-refractivity contribution in [3.05, 3.63) is 70.8 Å². The highest BCUT2D eigenvalue weighted by atomic mass is 35.5. The number of rotatable bonds is 9. The molecular weight excluding hydrogens is 410 g/mol. The zero-order chi connectivity index (χ0) is 22.2. The molecule has 1 heterocycles. The van der Waals surface area contributed by atoms with Gasteiger partial charge >= 0.3 is 5.97 Å². The Kier molecular flexibility index (Phi) is 8.42. The van der Waals surface area contributed by atoms with Gasteiger partial charge in [0.1, 0.15) is 5.75 Å². The number of methoxy groups -OCH3 is 1. The first-order valence-electron chi connectivity index (χ1n) is 11.1.